The van der Waals surface area contributed by atoms with Crippen LogP contribution in [0, 0.1) is 0 Å². The summed E-state index contributed by atoms with van der Waals surface area (Å²) in [5.41, 5.74) is 6.36. The summed E-state index contributed by atoms with van der Waals surface area (Å²) >= 11 is 0. The molecule has 3 saturated heterocycles. The van der Waals surface area contributed by atoms with Gasteiger partial charge in [-0.1, -0.05) is 6.92 Å². The molecule has 0 aromatic rings. The Bertz CT molecular complexity index is 412. The molecule has 2 N–H and O–H groups in total. The highest BCUT2D eigenvalue weighted by atomic mass is 32.2. The second kappa shape index (κ2) is 4.18. The standard InChI is InChI=1S/C13H24N2O2S/c1-2-6-15-7-5-12(14)13(15)8-10-3-4-11(9-13)18(10,16)17/h10-12H,2-9,14H2,1H3. The predicted molar refractivity (Wildman–Crippen MR) is 72.2 cm³/mol. The van der Waals surface area contributed by atoms with Gasteiger partial charge in [0.2, 0.25) is 0 Å². The van der Waals surface area contributed by atoms with E-state index in [1.165, 1.54) is 0 Å². The first-order valence-electron chi connectivity index (χ1n) is 7.24. The summed E-state index contributed by atoms with van der Waals surface area (Å²) in [5.74, 6) is 0. The maximum atomic E-state index is 12.2. The number of fused-ring (bicyclic) bond motifs is 2. The minimum absolute atomic E-state index is 0.00678. The molecule has 1 spiro atoms. The zero-order valence-corrected chi connectivity index (χ0v) is 12.0. The Morgan fingerprint density at radius 2 is 1.83 bits per heavy atom. The number of likely N-dealkylation sites (tertiary alicyclic amines) is 1. The van der Waals surface area contributed by atoms with E-state index in [9.17, 15) is 8.42 Å². The number of rotatable bonds is 2. The molecule has 0 amide bonds. The molecule has 3 atom stereocenters. The van der Waals surface area contributed by atoms with Crippen LogP contribution in [0.5, 0.6) is 0 Å². The Morgan fingerprint density at radius 1 is 1.22 bits per heavy atom. The van der Waals surface area contributed by atoms with Crippen molar-refractivity contribution in [3.63, 3.8) is 0 Å². The van der Waals surface area contributed by atoms with Crippen LogP contribution in [0.15, 0.2) is 0 Å². The van der Waals surface area contributed by atoms with Crippen LogP contribution in [0.4, 0.5) is 0 Å². The lowest BCUT2D eigenvalue weighted by molar-refractivity contribution is 0.102. The summed E-state index contributed by atoms with van der Waals surface area (Å²) in [4.78, 5) is 2.50. The summed E-state index contributed by atoms with van der Waals surface area (Å²) < 4.78 is 24.5. The van der Waals surface area contributed by atoms with E-state index < -0.39 is 9.84 Å². The quantitative estimate of drug-likeness (QED) is 0.811. The number of nitrogens with two attached hydrogens (primary N) is 1. The average molecular weight is 272 g/mol. The molecule has 3 heterocycles. The van der Waals surface area contributed by atoms with Gasteiger partial charge in [-0.3, -0.25) is 4.90 Å². The van der Waals surface area contributed by atoms with Crippen molar-refractivity contribution in [3.05, 3.63) is 0 Å². The molecule has 3 fully saturated rings. The number of hydrogen-bond acceptors (Lipinski definition) is 4. The molecule has 2 bridgehead atoms. The highest BCUT2D eigenvalue weighted by molar-refractivity contribution is 7.93. The molecule has 0 aromatic carbocycles. The van der Waals surface area contributed by atoms with Crippen molar-refractivity contribution in [1.29, 1.82) is 0 Å². The summed E-state index contributed by atoms with van der Waals surface area (Å²) in [6, 6.07) is 0.169. The van der Waals surface area contributed by atoms with E-state index in [1.807, 2.05) is 0 Å². The van der Waals surface area contributed by atoms with Crippen molar-refractivity contribution < 1.29 is 8.42 Å². The first-order valence-corrected chi connectivity index (χ1v) is 8.85. The number of sulfone groups is 1. The van der Waals surface area contributed by atoms with Crippen molar-refractivity contribution in [2.75, 3.05) is 13.1 Å². The second-order valence-electron chi connectivity index (χ2n) is 6.30. The van der Waals surface area contributed by atoms with E-state index in [-0.39, 0.29) is 22.1 Å². The minimum Gasteiger partial charge on any atom is -0.326 e. The van der Waals surface area contributed by atoms with E-state index in [0.29, 0.717) is 0 Å². The third kappa shape index (κ3) is 1.60. The molecule has 18 heavy (non-hydrogen) atoms. The van der Waals surface area contributed by atoms with Crippen LogP contribution in [0.2, 0.25) is 0 Å². The third-order valence-corrected chi connectivity index (χ3v) is 8.09. The molecule has 0 saturated carbocycles. The van der Waals surface area contributed by atoms with Crippen molar-refractivity contribution in [2.24, 2.45) is 5.73 Å². The molecule has 3 aliphatic heterocycles. The Labute approximate surface area is 110 Å². The van der Waals surface area contributed by atoms with Crippen molar-refractivity contribution in [2.45, 2.75) is 67.5 Å². The van der Waals surface area contributed by atoms with E-state index in [2.05, 4.69) is 11.8 Å². The Balaban J connectivity index is 1.92. The maximum absolute atomic E-state index is 12.2. The highest BCUT2D eigenvalue weighted by Gasteiger charge is 2.58. The van der Waals surface area contributed by atoms with Gasteiger partial charge in [-0.05, 0) is 45.1 Å². The topological polar surface area (TPSA) is 63.4 Å². The fraction of sp³-hybridized carbons (Fsp3) is 1.00. The SMILES string of the molecule is CCCN1CCC(N)C12CC1CCC(C2)S1(=O)=O. The second-order valence-corrected chi connectivity index (χ2v) is 8.82. The Kier molecular flexibility index (Phi) is 2.99. The lowest BCUT2D eigenvalue weighted by Gasteiger charge is -2.46. The van der Waals surface area contributed by atoms with Gasteiger partial charge in [0, 0.05) is 18.1 Å². The normalized spacial score (nSPS) is 46.9. The molecule has 0 radical (unpaired) electrons. The zero-order chi connectivity index (χ0) is 13.0. The first kappa shape index (κ1) is 12.9. The molecule has 3 unspecified atom stereocenters. The molecule has 3 rings (SSSR count). The van der Waals surface area contributed by atoms with Crippen molar-refractivity contribution >= 4 is 9.84 Å². The van der Waals surface area contributed by atoms with Crippen LogP contribution in [0.3, 0.4) is 0 Å². The lowest BCUT2D eigenvalue weighted by Crippen LogP contribution is -2.60. The third-order valence-electron chi connectivity index (χ3n) is 5.43. The van der Waals surface area contributed by atoms with Crippen LogP contribution in [0.1, 0.15) is 45.4 Å². The molecule has 4 nitrogen and oxygen atoms in total. The van der Waals surface area contributed by atoms with Gasteiger partial charge in [0.1, 0.15) is 0 Å². The molecular formula is C13H24N2O2S. The van der Waals surface area contributed by atoms with Gasteiger partial charge in [0.15, 0.2) is 9.84 Å². The fourth-order valence-electron chi connectivity index (χ4n) is 4.47. The van der Waals surface area contributed by atoms with Gasteiger partial charge in [-0.2, -0.15) is 0 Å². The Morgan fingerprint density at radius 3 is 2.39 bits per heavy atom. The van der Waals surface area contributed by atoms with Gasteiger partial charge in [-0.25, -0.2) is 8.42 Å². The molecule has 104 valence electrons. The molecule has 3 aliphatic rings. The predicted octanol–water partition coefficient (Wildman–Crippen LogP) is 0.908. The van der Waals surface area contributed by atoms with Crippen LogP contribution in [0.25, 0.3) is 0 Å². The summed E-state index contributed by atoms with van der Waals surface area (Å²) in [6.45, 7) is 4.30. The first-order chi connectivity index (χ1) is 8.50. The smallest absolute Gasteiger partial charge is 0.156 e. The van der Waals surface area contributed by atoms with Crippen LogP contribution in [-0.4, -0.2) is 48.5 Å². The van der Waals surface area contributed by atoms with Gasteiger partial charge < -0.3 is 5.73 Å². The summed E-state index contributed by atoms with van der Waals surface area (Å²) in [5, 5.41) is -0.223. The van der Waals surface area contributed by atoms with Crippen molar-refractivity contribution in [3.8, 4) is 0 Å². The van der Waals surface area contributed by atoms with E-state index >= 15 is 0 Å². The molecule has 5 heteroatoms. The monoisotopic (exact) mass is 272 g/mol. The highest BCUT2D eigenvalue weighted by Crippen LogP contribution is 2.49. The minimum atomic E-state index is -2.84. The number of nitrogens with zero attached hydrogens (tertiary/aromatic N) is 1. The van der Waals surface area contributed by atoms with E-state index in [4.69, 9.17) is 5.73 Å². The van der Waals surface area contributed by atoms with Crippen LogP contribution < -0.4 is 5.73 Å². The fourth-order valence-corrected chi connectivity index (χ4v) is 6.98. The van der Waals surface area contributed by atoms with Gasteiger partial charge in [0.05, 0.1) is 10.5 Å². The van der Waals surface area contributed by atoms with Crippen LogP contribution >= 0.6 is 0 Å². The summed E-state index contributed by atoms with van der Waals surface area (Å²) in [6.07, 6.45) is 5.44. The van der Waals surface area contributed by atoms with Crippen molar-refractivity contribution in [1.82, 2.24) is 4.90 Å². The molecule has 0 aromatic heterocycles. The van der Waals surface area contributed by atoms with Gasteiger partial charge >= 0.3 is 0 Å². The Hall–Kier alpha value is -0.130. The molecular weight excluding hydrogens is 248 g/mol. The van der Waals surface area contributed by atoms with Gasteiger partial charge in [0.25, 0.3) is 0 Å². The van der Waals surface area contributed by atoms with E-state index in [0.717, 1.165) is 51.6 Å². The number of hydrogen-bond donors (Lipinski definition) is 1. The van der Waals surface area contributed by atoms with Crippen LogP contribution in [-0.2, 0) is 9.84 Å². The van der Waals surface area contributed by atoms with Gasteiger partial charge in [-0.15, -0.1) is 0 Å². The largest absolute Gasteiger partial charge is 0.326 e. The lowest BCUT2D eigenvalue weighted by atomic mass is 9.83. The zero-order valence-electron chi connectivity index (χ0n) is 11.1. The average Bonchev–Trinajstić information content (AvgIpc) is 2.67. The molecule has 0 aliphatic carbocycles. The van der Waals surface area contributed by atoms with E-state index in [1.54, 1.807) is 0 Å². The maximum Gasteiger partial charge on any atom is 0.156 e. The summed E-state index contributed by atoms with van der Waals surface area (Å²) in [7, 11) is -2.84.